The van der Waals surface area contributed by atoms with E-state index in [-0.39, 0.29) is 17.9 Å². The number of pyridine rings is 1. The molecule has 2 rings (SSSR count). The van der Waals surface area contributed by atoms with Crippen LogP contribution in [0.25, 0.3) is 0 Å². The van der Waals surface area contributed by atoms with Crippen molar-refractivity contribution in [3.63, 3.8) is 0 Å². The van der Waals surface area contributed by atoms with E-state index in [9.17, 15) is 22.4 Å². The van der Waals surface area contributed by atoms with E-state index in [2.05, 4.69) is 10.3 Å². The van der Waals surface area contributed by atoms with E-state index >= 15 is 0 Å². The average Bonchev–Trinajstić information content (AvgIpc) is 2.47. The maximum atomic E-state index is 13.1. The van der Waals surface area contributed by atoms with Crippen molar-refractivity contribution >= 4 is 11.8 Å². The zero-order chi connectivity index (χ0) is 16.3. The lowest BCUT2D eigenvalue weighted by atomic mass is 10.2. The van der Waals surface area contributed by atoms with Crippen LogP contribution in [0.2, 0.25) is 0 Å². The molecule has 1 aromatic heterocycles. The van der Waals surface area contributed by atoms with Crippen LogP contribution < -0.4 is 5.32 Å². The SMILES string of the molecule is CN(Cc1cc(F)c(F)c(F)c1)C(=O)Nc1ccc(F)cn1. The number of carbonyl (C=O) groups is 1. The van der Waals surface area contributed by atoms with Gasteiger partial charge in [0.1, 0.15) is 11.6 Å². The Labute approximate surface area is 123 Å². The summed E-state index contributed by atoms with van der Waals surface area (Å²) in [5.41, 5.74) is 0.0844. The number of carbonyl (C=O) groups excluding carboxylic acids is 1. The second-order valence-electron chi connectivity index (χ2n) is 4.52. The number of halogens is 4. The molecule has 2 aromatic rings. The Kier molecular flexibility index (Phi) is 4.59. The van der Waals surface area contributed by atoms with Crippen LogP contribution >= 0.6 is 0 Å². The maximum Gasteiger partial charge on any atom is 0.323 e. The number of rotatable bonds is 3. The molecule has 4 nitrogen and oxygen atoms in total. The minimum atomic E-state index is -1.56. The topological polar surface area (TPSA) is 45.2 Å². The van der Waals surface area contributed by atoms with E-state index in [1.807, 2.05) is 0 Å². The van der Waals surface area contributed by atoms with Crippen LogP contribution in [0.4, 0.5) is 28.2 Å². The number of benzene rings is 1. The smallest absolute Gasteiger partial charge is 0.323 e. The first kappa shape index (κ1) is 15.7. The molecule has 0 saturated carbocycles. The fourth-order valence-electron chi connectivity index (χ4n) is 1.70. The second kappa shape index (κ2) is 6.42. The number of aromatic nitrogens is 1. The molecule has 0 unspecified atom stereocenters. The predicted molar refractivity (Wildman–Crippen MR) is 71.0 cm³/mol. The number of anilines is 1. The van der Waals surface area contributed by atoms with Gasteiger partial charge in [-0.2, -0.15) is 0 Å². The fourth-order valence-corrected chi connectivity index (χ4v) is 1.70. The van der Waals surface area contributed by atoms with Crippen molar-refractivity contribution in [1.29, 1.82) is 0 Å². The molecule has 0 radical (unpaired) electrons. The summed E-state index contributed by atoms with van der Waals surface area (Å²) in [6, 6.07) is 3.37. The highest BCUT2D eigenvalue weighted by Gasteiger charge is 2.14. The molecule has 0 aliphatic heterocycles. The van der Waals surface area contributed by atoms with Gasteiger partial charge in [0.15, 0.2) is 17.5 Å². The molecule has 22 heavy (non-hydrogen) atoms. The number of nitrogens with zero attached hydrogens (tertiary/aromatic N) is 2. The van der Waals surface area contributed by atoms with Gasteiger partial charge in [0.2, 0.25) is 0 Å². The Bertz CT molecular complexity index is 668. The van der Waals surface area contributed by atoms with Crippen molar-refractivity contribution in [3.05, 3.63) is 59.3 Å². The second-order valence-corrected chi connectivity index (χ2v) is 4.52. The van der Waals surface area contributed by atoms with Crippen LogP contribution in [-0.2, 0) is 6.54 Å². The normalized spacial score (nSPS) is 10.4. The number of urea groups is 1. The van der Waals surface area contributed by atoms with Crippen LogP contribution in [0.1, 0.15) is 5.56 Å². The summed E-state index contributed by atoms with van der Waals surface area (Å²) < 4.78 is 51.7. The highest BCUT2D eigenvalue weighted by molar-refractivity contribution is 5.88. The Balaban J connectivity index is 2.03. The summed E-state index contributed by atoms with van der Waals surface area (Å²) in [4.78, 5) is 16.6. The molecule has 116 valence electrons. The maximum absolute atomic E-state index is 13.1. The third-order valence-corrected chi connectivity index (χ3v) is 2.77. The van der Waals surface area contributed by atoms with Gasteiger partial charge in [-0.25, -0.2) is 27.3 Å². The van der Waals surface area contributed by atoms with Crippen molar-refractivity contribution < 1.29 is 22.4 Å². The number of hydrogen-bond acceptors (Lipinski definition) is 2. The van der Waals surface area contributed by atoms with Gasteiger partial charge in [0, 0.05) is 13.6 Å². The third-order valence-electron chi connectivity index (χ3n) is 2.77. The van der Waals surface area contributed by atoms with Crippen molar-refractivity contribution in [2.45, 2.75) is 6.54 Å². The van der Waals surface area contributed by atoms with Gasteiger partial charge in [-0.05, 0) is 29.8 Å². The van der Waals surface area contributed by atoms with Crippen LogP contribution in [0.15, 0.2) is 30.5 Å². The Hall–Kier alpha value is -2.64. The van der Waals surface area contributed by atoms with Gasteiger partial charge < -0.3 is 4.90 Å². The molecule has 1 heterocycles. The Morgan fingerprint density at radius 1 is 1.18 bits per heavy atom. The predicted octanol–water partition coefficient (Wildman–Crippen LogP) is 3.30. The van der Waals surface area contributed by atoms with Gasteiger partial charge in [-0.15, -0.1) is 0 Å². The Morgan fingerprint density at radius 2 is 1.82 bits per heavy atom. The van der Waals surface area contributed by atoms with E-state index in [0.717, 1.165) is 29.3 Å². The lowest BCUT2D eigenvalue weighted by Crippen LogP contribution is -2.31. The van der Waals surface area contributed by atoms with Gasteiger partial charge in [0.05, 0.1) is 6.20 Å². The summed E-state index contributed by atoms with van der Waals surface area (Å²) in [5.74, 6) is -4.65. The number of amides is 2. The van der Waals surface area contributed by atoms with Crippen LogP contribution in [-0.4, -0.2) is 23.0 Å². The first-order chi connectivity index (χ1) is 10.4. The Morgan fingerprint density at radius 3 is 2.36 bits per heavy atom. The quantitative estimate of drug-likeness (QED) is 0.698. The van der Waals surface area contributed by atoms with Gasteiger partial charge in [0.25, 0.3) is 0 Å². The minimum Gasteiger partial charge on any atom is -0.323 e. The zero-order valence-corrected chi connectivity index (χ0v) is 11.4. The van der Waals surface area contributed by atoms with Crippen LogP contribution in [0.3, 0.4) is 0 Å². The first-order valence-corrected chi connectivity index (χ1v) is 6.14. The molecule has 1 N–H and O–H groups in total. The lowest BCUT2D eigenvalue weighted by molar-refractivity contribution is 0.220. The van der Waals surface area contributed by atoms with Crippen molar-refractivity contribution in [1.82, 2.24) is 9.88 Å². The molecule has 0 saturated heterocycles. The summed E-state index contributed by atoms with van der Waals surface area (Å²) >= 11 is 0. The van der Waals surface area contributed by atoms with Crippen LogP contribution in [0.5, 0.6) is 0 Å². The third kappa shape index (κ3) is 3.72. The highest BCUT2D eigenvalue weighted by atomic mass is 19.2. The van der Waals surface area contributed by atoms with Gasteiger partial charge in [-0.1, -0.05) is 0 Å². The summed E-state index contributed by atoms with van der Waals surface area (Å²) in [5, 5.41) is 2.38. The molecule has 2 amide bonds. The lowest BCUT2D eigenvalue weighted by Gasteiger charge is -2.18. The molecule has 0 spiro atoms. The summed E-state index contributed by atoms with van der Waals surface area (Å²) in [6.07, 6.45) is 0.931. The molecule has 1 aromatic carbocycles. The van der Waals surface area contributed by atoms with Crippen molar-refractivity contribution in [3.8, 4) is 0 Å². The molecular weight excluding hydrogens is 302 g/mol. The average molecular weight is 313 g/mol. The van der Waals surface area contributed by atoms with Crippen LogP contribution in [0, 0.1) is 23.3 Å². The van der Waals surface area contributed by atoms with E-state index in [4.69, 9.17) is 0 Å². The molecule has 8 heteroatoms. The standard InChI is InChI=1S/C14H11F4N3O/c1-21(7-8-4-10(16)13(18)11(17)5-8)14(22)20-12-3-2-9(15)6-19-12/h2-6H,7H2,1H3,(H,19,20,22). The molecule has 0 aliphatic carbocycles. The van der Waals surface area contributed by atoms with Gasteiger partial charge >= 0.3 is 6.03 Å². The molecule has 0 fully saturated rings. The van der Waals surface area contributed by atoms with E-state index in [0.29, 0.717) is 0 Å². The largest absolute Gasteiger partial charge is 0.323 e. The number of hydrogen-bond donors (Lipinski definition) is 1. The first-order valence-electron chi connectivity index (χ1n) is 6.14. The summed E-state index contributed by atoms with van der Waals surface area (Å²) in [7, 11) is 1.37. The highest BCUT2D eigenvalue weighted by Crippen LogP contribution is 2.15. The number of nitrogens with one attached hydrogen (secondary N) is 1. The van der Waals surface area contributed by atoms with E-state index in [1.54, 1.807) is 0 Å². The van der Waals surface area contributed by atoms with E-state index < -0.39 is 29.3 Å². The molecule has 0 atom stereocenters. The molecular formula is C14H11F4N3O. The molecule has 0 aliphatic rings. The minimum absolute atomic E-state index is 0.0844. The monoisotopic (exact) mass is 313 g/mol. The van der Waals surface area contributed by atoms with Gasteiger partial charge in [-0.3, -0.25) is 5.32 Å². The van der Waals surface area contributed by atoms with E-state index in [1.165, 1.54) is 13.1 Å². The van der Waals surface area contributed by atoms with Crippen molar-refractivity contribution in [2.24, 2.45) is 0 Å². The fraction of sp³-hybridized carbons (Fsp3) is 0.143. The van der Waals surface area contributed by atoms with Crippen molar-refractivity contribution in [2.75, 3.05) is 12.4 Å². The molecule has 0 bridgehead atoms. The zero-order valence-electron chi connectivity index (χ0n) is 11.4. The summed E-state index contributed by atoms with van der Waals surface area (Å²) in [6.45, 7) is -0.152.